The number of fused-ring (bicyclic) bond motifs is 4. The highest BCUT2D eigenvalue weighted by atomic mass is 16.6. The normalized spacial score (nSPS) is 26.4. The van der Waals surface area contributed by atoms with Crippen molar-refractivity contribution in [2.24, 2.45) is 5.92 Å². The van der Waals surface area contributed by atoms with Gasteiger partial charge in [-0.15, -0.1) is 0 Å². The first-order chi connectivity index (χ1) is 19.3. The minimum Gasteiger partial charge on any atom is -0.488 e. The maximum atomic E-state index is 14.1. The molecular weight excluding hydrogens is 512 g/mol. The molecule has 3 aliphatic rings. The van der Waals surface area contributed by atoms with Crippen LogP contribution in [-0.4, -0.2) is 27.9 Å². The number of para-hydroxylation sites is 2. The Labute approximate surface area is 228 Å². The number of aromatic nitrogens is 1. The third kappa shape index (κ3) is 3.23. The lowest BCUT2D eigenvalue weighted by molar-refractivity contribution is -0.387. The number of hydrogen-bond acceptors (Lipinski definition) is 8. The van der Waals surface area contributed by atoms with E-state index in [1.165, 1.54) is 6.92 Å². The number of hydrogen-bond donors (Lipinski definition) is 0. The molecule has 9 heteroatoms. The van der Waals surface area contributed by atoms with Gasteiger partial charge in [-0.1, -0.05) is 65.3 Å². The quantitative estimate of drug-likeness (QED) is 0.144. The first-order valence-electron chi connectivity index (χ1n) is 13.1. The summed E-state index contributed by atoms with van der Waals surface area (Å²) in [4.78, 5) is 40.0. The van der Waals surface area contributed by atoms with Crippen LogP contribution in [-0.2, 0) is 10.2 Å². The summed E-state index contributed by atoms with van der Waals surface area (Å²) in [5.74, 6) is -2.35. The highest BCUT2D eigenvalue weighted by molar-refractivity contribution is 6.03. The molecule has 4 aromatic rings. The van der Waals surface area contributed by atoms with E-state index in [0.29, 0.717) is 22.6 Å². The summed E-state index contributed by atoms with van der Waals surface area (Å²) in [6.45, 7) is 3.46. The van der Waals surface area contributed by atoms with Crippen LogP contribution in [0.25, 0.3) is 0 Å². The fraction of sp³-hybridized carbons (Fsp3) is 0.258. The Morgan fingerprint density at radius 3 is 2.40 bits per heavy atom. The molecule has 0 N–H and O–H groups in total. The SMILES string of the molecule is Cc1ccc([C@@H]2[C@@H](c3onc(C)c3[N+](=O)[O-])[C@@H]3Oc4ccccc4C(=O)[C@H]3C[C@]23C(=O)Oc2ccccc23)cc1. The summed E-state index contributed by atoms with van der Waals surface area (Å²) in [7, 11) is 0. The number of nitrogens with zero attached hydrogens (tertiary/aromatic N) is 2. The molecule has 40 heavy (non-hydrogen) atoms. The minimum atomic E-state index is -1.34. The van der Waals surface area contributed by atoms with Crippen LogP contribution in [0.15, 0.2) is 77.3 Å². The van der Waals surface area contributed by atoms with Gasteiger partial charge in [-0.05, 0) is 44.0 Å². The first-order valence-corrected chi connectivity index (χ1v) is 13.1. The van der Waals surface area contributed by atoms with Crippen molar-refractivity contribution >= 4 is 17.4 Å². The predicted molar refractivity (Wildman–Crippen MR) is 142 cm³/mol. The maximum Gasteiger partial charge on any atom is 0.334 e. The van der Waals surface area contributed by atoms with Gasteiger partial charge in [0.15, 0.2) is 11.5 Å². The Kier molecular flexibility index (Phi) is 5.22. The van der Waals surface area contributed by atoms with Crippen LogP contribution in [0, 0.1) is 29.9 Å². The van der Waals surface area contributed by atoms with Crippen LogP contribution in [0.4, 0.5) is 5.69 Å². The van der Waals surface area contributed by atoms with Gasteiger partial charge in [0.25, 0.3) is 0 Å². The zero-order chi connectivity index (χ0) is 27.8. The average molecular weight is 537 g/mol. The highest BCUT2D eigenvalue weighted by Gasteiger charge is 2.67. The lowest BCUT2D eigenvalue weighted by atomic mass is 9.52. The van der Waals surface area contributed by atoms with Gasteiger partial charge >= 0.3 is 11.7 Å². The fourth-order valence-electron chi connectivity index (χ4n) is 6.96. The van der Waals surface area contributed by atoms with Gasteiger partial charge in [0, 0.05) is 11.5 Å². The Balaban J connectivity index is 1.56. The second-order valence-electron chi connectivity index (χ2n) is 10.8. The molecule has 0 amide bonds. The summed E-state index contributed by atoms with van der Waals surface area (Å²) in [6.07, 6.45) is -0.748. The number of carbonyl (C=O) groups is 2. The molecule has 1 spiro atoms. The number of esters is 1. The molecule has 0 saturated heterocycles. The molecule has 1 aromatic heterocycles. The molecule has 3 heterocycles. The van der Waals surface area contributed by atoms with E-state index in [4.69, 9.17) is 14.0 Å². The third-order valence-corrected chi connectivity index (χ3v) is 8.65. The number of benzene rings is 3. The van der Waals surface area contributed by atoms with E-state index in [9.17, 15) is 19.7 Å². The Hall–Kier alpha value is -4.79. The molecule has 9 nitrogen and oxygen atoms in total. The average Bonchev–Trinajstić information content (AvgIpc) is 3.46. The van der Waals surface area contributed by atoms with Crippen molar-refractivity contribution in [3.8, 4) is 11.5 Å². The highest BCUT2D eigenvalue weighted by Crippen LogP contribution is 2.63. The molecule has 0 bridgehead atoms. The molecule has 0 radical (unpaired) electrons. The van der Waals surface area contributed by atoms with Crippen LogP contribution in [0.5, 0.6) is 11.5 Å². The number of carbonyl (C=O) groups excluding carboxylic acids is 2. The number of rotatable bonds is 3. The zero-order valence-corrected chi connectivity index (χ0v) is 21.7. The summed E-state index contributed by atoms with van der Waals surface area (Å²) in [5, 5.41) is 16.3. The number of aryl methyl sites for hydroxylation is 2. The van der Waals surface area contributed by atoms with Crippen LogP contribution < -0.4 is 9.47 Å². The summed E-state index contributed by atoms with van der Waals surface area (Å²) in [5.41, 5.74) is 1.30. The van der Waals surface area contributed by atoms with Crippen LogP contribution >= 0.6 is 0 Å². The van der Waals surface area contributed by atoms with E-state index < -0.39 is 40.2 Å². The fourth-order valence-corrected chi connectivity index (χ4v) is 6.96. The first kappa shape index (κ1) is 24.3. The molecule has 2 aliphatic heterocycles. The largest absolute Gasteiger partial charge is 0.488 e. The monoisotopic (exact) mass is 536 g/mol. The molecule has 3 aromatic carbocycles. The van der Waals surface area contributed by atoms with Crippen molar-refractivity contribution in [2.45, 2.75) is 43.6 Å². The number of nitro groups is 1. The third-order valence-electron chi connectivity index (χ3n) is 8.65. The van der Waals surface area contributed by atoms with E-state index in [0.717, 1.165) is 11.1 Å². The molecule has 200 valence electrons. The van der Waals surface area contributed by atoms with Gasteiger partial charge in [0.2, 0.25) is 5.76 Å². The Morgan fingerprint density at radius 1 is 0.950 bits per heavy atom. The van der Waals surface area contributed by atoms with Crippen molar-refractivity contribution in [1.29, 1.82) is 0 Å². The Bertz CT molecular complexity index is 1710. The van der Waals surface area contributed by atoms with Crippen molar-refractivity contribution in [3.05, 3.63) is 117 Å². The van der Waals surface area contributed by atoms with Gasteiger partial charge < -0.3 is 14.0 Å². The van der Waals surface area contributed by atoms with E-state index >= 15 is 0 Å². The van der Waals surface area contributed by atoms with Gasteiger partial charge in [-0.2, -0.15) is 0 Å². The standard InChI is InChI=1S/C31H24N2O7/c1-16-11-13-18(14-12-16)25-24(29-26(33(36)37)17(2)32-40-29)28-20(27(34)19-7-3-5-9-22(19)38-28)15-31(25)21-8-4-6-10-23(21)39-30(31)35/h3-14,20,24-25,28H,15H2,1-2H3/t20-,24-,25-,28-,31-/m1/s1. The van der Waals surface area contributed by atoms with E-state index in [1.54, 1.807) is 36.4 Å². The predicted octanol–water partition coefficient (Wildman–Crippen LogP) is 5.59. The van der Waals surface area contributed by atoms with Gasteiger partial charge in [0.05, 0.1) is 22.3 Å². The van der Waals surface area contributed by atoms with Crippen LogP contribution in [0.1, 0.15) is 56.8 Å². The van der Waals surface area contributed by atoms with Crippen LogP contribution in [0.2, 0.25) is 0 Å². The number of ketones is 1. The van der Waals surface area contributed by atoms with Gasteiger partial charge in [0.1, 0.15) is 23.0 Å². The van der Waals surface area contributed by atoms with Gasteiger partial charge in [-0.3, -0.25) is 19.7 Å². The smallest absolute Gasteiger partial charge is 0.334 e. The van der Waals surface area contributed by atoms with E-state index in [2.05, 4.69) is 5.16 Å². The molecule has 5 atom stereocenters. The number of Topliss-reactive ketones (excluding diaryl/α,β-unsaturated/α-hetero) is 1. The van der Waals surface area contributed by atoms with Crippen molar-refractivity contribution < 1.29 is 28.5 Å². The molecule has 1 aliphatic carbocycles. The van der Waals surface area contributed by atoms with E-state index in [-0.39, 0.29) is 29.3 Å². The van der Waals surface area contributed by atoms with Gasteiger partial charge in [-0.25, -0.2) is 0 Å². The minimum absolute atomic E-state index is 0.0217. The van der Waals surface area contributed by atoms with Crippen molar-refractivity contribution in [3.63, 3.8) is 0 Å². The lowest BCUT2D eigenvalue weighted by Crippen LogP contribution is -2.57. The zero-order valence-electron chi connectivity index (χ0n) is 21.7. The summed E-state index contributed by atoms with van der Waals surface area (Å²) in [6, 6.07) is 21.8. The molecule has 0 unspecified atom stereocenters. The van der Waals surface area contributed by atoms with Crippen molar-refractivity contribution in [1.82, 2.24) is 5.16 Å². The second-order valence-corrected chi connectivity index (χ2v) is 10.8. The topological polar surface area (TPSA) is 122 Å². The van der Waals surface area contributed by atoms with E-state index in [1.807, 2.05) is 43.3 Å². The lowest BCUT2D eigenvalue weighted by Gasteiger charge is -2.51. The molecule has 7 rings (SSSR count). The molecular formula is C31H24N2O7. The summed E-state index contributed by atoms with van der Waals surface area (Å²) >= 11 is 0. The second kappa shape index (κ2) is 8.61. The summed E-state index contributed by atoms with van der Waals surface area (Å²) < 4.78 is 18.1. The number of ether oxygens (including phenoxy) is 2. The van der Waals surface area contributed by atoms with Crippen LogP contribution in [0.3, 0.4) is 0 Å². The van der Waals surface area contributed by atoms with Crippen molar-refractivity contribution in [2.75, 3.05) is 0 Å². The molecule has 1 saturated carbocycles. The molecule has 1 fully saturated rings. The maximum absolute atomic E-state index is 14.1. The Morgan fingerprint density at radius 2 is 1.65 bits per heavy atom.